The maximum atomic E-state index is 10.9. The number of methoxy groups -OCH3 is 2. The van der Waals surface area contributed by atoms with Gasteiger partial charge in [0.1, 0.15) is 16.0 Å². The SMILES string of the molecule is COc1ccc(C2(O)CCCOCC2)c(OC)c1Br. The molecule has 0 bridgehead atoms. The maximum absolute atomic E-state index is 10.9. The summed E-state index contributed by atoms with van der Waals surface area (Å²) in [5.74, 6) is 1.32. The van der Waals surface area contributed by atoms with Gasteiger partial charge in [-0.2, -0.15) is 0 Å². The lowest BCUT2D eigenvalue weighted by molar-refractivity contribution is 0.0122. The minimum absolute atomic E-state index is 0.559. The van der Waals surface area contributed by atoms with Gasteiger partial charge in [-0.3, -0.25) is 0 Å². The molecule has 1 atom stereocenters. The smallest absolute Gasteiger partial charge is 0.142 e. The van der Waals surface area contributed by atoms with Gasteiger partial charge in [0.05, 0.1) is 19.8 Å². The molecule has 1 N–H and O–H groups in total. The zero-order valence-corrected chi connectivity index (χ0v) is 12.8. The van der Waals surface area contributed by atoms with Crippen LogP contribution in [0.4, 0.5) is 0 Å². The van der Waals surface area contributed by atoms with Crippen LogP contribution in [0.3, 0.4) is 0 Å². The predicted molar refractivity (Wildman–Crippen MR) is 75.8 cm³/mol. The number of rotatable bonds is 3. The van der Waals surface area contributed by atoms with Gasteiger partial charge in [-0.05, 0) is 40.9 Å². The Balaban J connectivity index is 2.45. The van der Waals surface area contributed by atoms with Gasteiger partial charge in [0.2, 0.25) is 0 Å². The highest BCUT2D eigenvalue weighted by Gasteiger charge is 2.34. The number of hydrogen-bond donors (Lipinski definition) is 1. The number of hydrogen-bond acceptors (Lipinski definition) is 4. The van der Waals surface area contributed by atoms with Gasteiger partial charge in [0.15, 0.2) is 0 Å². The molecule has 1 saturated heterocycles. The molecule has 1 heterocycles. The third-order valence-electron chi connectivity index (χ3n) is 3.53. The van der Waals surface area contributed by atoms with Crippen molar-refractivity contribution in [3.8, 4) is 11.5 Å². The lowest BCUT2D eigenvalue weighted by atomic mass is 9.86. The molecule has 1 unspecified atom stereocenters. The molecule has 1 aromatic rings. The fraction of sp³-hybridized carbons (Fsp3) is 0.571. The molecule has 0 spiro atoms. The van der Waals surface area contributed by atoms with Crippen molar-refractivity contribution >= 4 is 15.9 Å². The highest BCUT2D eigenvalue weighted by atomic mass is 79.9. The summed E-state index contributed by atoms with van der Waals surface area (Å²) >= 11 is 3.47. The first-order valence-corrected chi connectivity index (χ1v) is 7.13. The van der Waals surface area contributed by atoms with Crippen LogP contribution in [0.5, 0.6) is 11.5 Å². The summed E-state index contributed by atoms with van der Waals surface area (Å²) in [6, 6.07) is 3.71. The van der Waals surface area contributed by atoms with Crippen molar-refractivity contribution in [1.29, 1.82) is 0 Å². The van der Waals surface area contributed by atoms with E-state index in [0.717, 1.165) is 16.5 Å². The second-order valence-electron chi connectivity index (χ2n) is 4.66. The number of halogens is 1. The average Bonchev–Trinajstić information content (AvgIpc) is 2.64. The Morgan fingerprint density at radius 1 is 1.21 bits per heavy atom. The molecule has 1 aromatic carbocycles. The Hall–Kier alpha value is -0.780. The highest BCUT2D eigenvalue weighted by molar-refractivity contribution is 9.10. The third kappa shape index (κ3) is 2.88. The van der Waals surface area contributed by atoms with Crippen LogP contribution < -0.4 is 9.47 Å². The third-order valence-corrected chi connectivity index (χ3v) is 4.28. The molecule has 1 aliphatic heterocycles. The van der Waals surface area contributed by atoms with Crippen molar-refractivity contribution in [3.05, 3.63) is 22.2 Å². The molecule has 1 aliphatic rings. The van der Waals surface area contributed by atoms with E-state index in [1.54, 1.807) is 14.2 Å². The van der Waals surface area contributed by atoms with Gasteiger partial charge in [-0.15, -0.1) is 0 Å². The van der Waals surface area contributed by atoms with Crippen LogP contribution in [0, 0.1) is 0 Å². The first-order chi connectivity index (χ1) is 9.12. The summed E-state index contributed by atoms with van der Waals surface area (Å²) in [7, 11) is 3.20. The average molecular weight is 331 g/mol. The lowest BCUT2D eigenvalue weighted by Crippen LogP contribution is -2.26. The quantitative estimate of drug-likeness (QED) is 0.925. The summed E-state index contributed by atoms with van der Waals surface area (Å²) in [6.07, 6.45) is 2.08. The van der Waals surface area contributed by atoms with Gasteiger partial charge in [-0.25, -0.2) is 0 Å². The first kappa shape index (κ1) is 14.6. The zero-order valence-electron chi connectivity index (χ0n) is 11.2. The highest BCUT2D eigenvalue weighted by Crippen LogP contribution is 2.44. The lowest BCUT2D eigenvalue weighted by Gasteiger charge is -2.29. The molecule has 106 valence electrons. The molecule has 1 fully saturated rings. The standard InChI is InChI=1S/C14H19BrO4/c1-17-11-5-4-10(13(18-2)12(11)15)14(16)6-3-8-19-9-7-14/h4-5,16H,3,6-9H2,1-2H3. The Labute approximate surface area is 121 Å². The normalized spacial score (nSPS) is 23.8. The van der Waals surface area contributed by atoms with Gasteiger partial charge >= 0.3 is 0 Å². The molecular weight excluding hydrogens is 312 g/mol. The van der Waals surface area contributed by atoms with Crippen LogP contribution in [0.15, 0.2) is 16.6 Å². The fourth-order valence-corrected chi connectivity index (χ4v) is 3.14. The van der Waals surface area contributed by atoms with Gasteiger partial charge in [0.25, 0.3) is 0 Å². The molecule has 0 radical (unpaired) electrons. The molecule has 0 saturated carbocycles. The Morgan fingerprint density at radius 2 is 2.00 bits per heavy atom. The summed E-state index contributed by atoms with van der Waals surface area (Å²) in [5.41, 5.74) is -0.121. The number of benzene rings is 1. The van der Waals surface area contributed by atoms with E-state index >= 15 is 0 Å². The van der Waals surface area contributed by atoms with E-state index in [1.165, 1.54) is 0 Å². The van der Waals surface area contributed by atoms with Crippen molar-refractivity contribution in [2.75, 3.05) is 27.4 Å². The van der Waals surface area contributed by atoms with Crippen LogP contribution in [0.25, 0.3) is 0 Å². The van der Waals surface area contributed by atoms with Crippen LogP contribution in [-0.2, 0) is 10.3 Å². The van der Waals surface area contributed by atoms with Gasteiger partial charge in [-0.1, -0.05) is 0 Å². The first-order valence-electron chi connectivity index (χ1n) is 6.33. The summed E-state index contributed by atoms with van der Waals surface area (Å²) < 4.78 is 16.9. The van der Waals surface area contributed by atoms with Gasteiger partial charge in [0, 0.05) is 25.2 Å². The van der Waals surface area contributed by atoms with Crippen molar-refractivity contribution in [3.63, 3.8) is 0 Å². The Kier molecular flexibility index (Phi) is 4.71. The van der Waals surface area contributed by atoms with Gasteiger partial charge < -0.3 is 19.3 Å². The fourth-order valence-electron chi connectivity index (χ4n) is 2.47. The van der Waals surface area contributed by atoms with Crippen molar-refractivity contribution in [2.24, 2.45) is 0 Å². The van der Waals surface area contributed by atoms with E-state index < -0.39 is 5.60 Å². The molecule has 0 aromatic heterocycles. The minimum atomic E-state index is -0.906. The summed E-state index contributed by atoms with van der Waals surface area (Å²) in [5, 5.41) is 10.9. The van der Waals surface area contributed by atoms with E-state index in [9.17, 15) is 5.11 Å². The molecule has 0 amide bonds. The second-order valence-corrected chi connectivity index (χ2v) is 5.45. The van der Waals surface area contributed by atoms with Crippen molar-refractivity contribution in [1.82, 2.24) is 0 Å². The second kappa shape index (κ2) is 6.11. The zero-order chi connectivity index (χ0) is 13.9. The summed E-state index contributed by atoms with van der Waals surface area (Å²) in [6.45, 7) is 1.26. The van der Waals surface area contributed by atoms with E-state index in [2.05, 4.69) is 15.9 Å². The van der Waals surface area contributed by atoms with Crippen molar-refractivity contribution < 1.29 is 19.3 Å². The molecular formula is C14H19BrO4. The topological polar surface area (TPSA) is 47.9 Å². The van der Waals surface area contributed by atoms with Crippen LogP contribution in [-0.4, -0.2) is 32.5 Å². The van der Waals surface area contributed by atoms with Crippen LogP contribution in [0.2, 0.25) is 0 Å². The number of ether oxygens (including phenoxy) is 3. The largest absolute Gasteiger partial charge is 0.495 e. The molecule has 2 rings (SSSR count). The van der Waals surface area contributed by atoms with Crippen LogP contribution in [0.1, 0.15) is 24.8 Å². The van der Waals surface area contributed by atoms with E-state index in [-0.39, 0.29) is 0 Å². The number of aliphatic hydroxyl groups is 1. The van der Waals surface area contributed by atoms with E-state index in [1.807, 2.05) is 12.1 Å². The Morgan fingerprint density at radius 3 is 2.68 bits per heavy atom. The maximum Gasteiger partial charge on any atom is 0.142 e. The monoisotopic (exact) mass is 330 g/mol. The molecule has 19 heavy (non-hydrogen) atoms. The predicted octanol–water partition coefficient (Wildman–Crippen LogP) is 2.85. The Bertz CT molecular complexity index is 439. The molecule has 4 nitrogen and oxygen atoms in total. The summed E-state index contributed by atoms with van der Waals surface area (Å²) in [4.78, 5) is 0. The van der Waals surface area contributed by atoms with E-state index in [4.69, 9.17) is 14.2 Å². The molecule has 0 aliphatic carbocycles. The van der Waals surface area contributed by atoms with Crippen molar-refractivity contribution in [2.45, 2.75) is 24.9 Å². The van der Waals surface area contributed by atoms with E-state index in [0.29, 0.717) is 37.6 Å². The molecule has 5 heteroatoms. The minimum Gasteiger partial charge on any atom is -0.495 e. The van der Waals surface area contributed by atoms with Crippen LogP contribution >= 0.6 is 15.9 Å².